The third-order valence-corrected chi connectivity index (χ3v) is 4.96. The van der Waals surface area contributed by atoms with Gasteiger partial charge in [0, 0.05) is 5.92 Å². The van der Waals surface area contributed by atoms with E-state index >= 15 is 0 Å². The second kappa shape index (κ2) is 7.41. The van der Waals surface area contributed by atoms with Crippen molar-refractivity contribution in [2.45, 2.75) is 44.7 Å². The predicted molar refractivity (Wildman–Crippen MR) is 103 cm³/mol. The van der Waals surface area contributed by atoms with E-state index in [-0.39, 0.29) is 23.2 Å². The van der Waals surface area contributed by atoms with Crippen LogP contribution in [0, 0.1) is 5.92 Å². The van der Waals surface area contributed by atoms with Crippen molar-refractivity contribution in [2.24, 2.45) is 11.0 Å². The standard InChI is InChI=1S/C22H23F3N2O/c1-21(2,3)16-10-6-15(7-11-16)18-12-19(18)20(28)27-26-13-14-4-8-17(9-5-14)22(23,24)25/h4-11,13,18-19H,12H2,1-3H3,(H,27,28)/b26-13-/t18-,19+/m1/s1. The number of alkyl halides is 3. The number of halogens is 3. The topological polar surface area (TPSA) is 41.5 Å². The third kappa shape index (κ3) is 4.80. The van der Waals surface area contributed by atoms with Gasteiger partial charge in [-0.3, -0.25) is 4.79 Å². The Morgan fingerprint density at radius 2 is 1.57 bits per heavy atom. The zero-order valence-corrected chi connectivity index (χ0v) is 16.0. The van der Waals surface area contributed by atoms with E-state index in [0.29, 0.717) is 5.56 Å². The molecule has 0 aromatic heterocycles. The maximum Gasteiger partial charge on any atom is 0.416 e. The number of nitrogens with zero attached hydrogens (tertiary/aromatic N) is 1. The number of hydrazone groups is 1. The van der Waals surface area contributed by atoms with E-state index in [1.165, 1.54) is 23.9 Å². The van der Waals surface area contributed by atoms with Crippen LogP contribution in [0.2, 0.25) is 0 Å². The van der Waals surface area contributed by atoms with E-state index in [1.807, 2.05) is 0 Å². The van der Waals surface area contributed by atoms with Crippen LogP contribution in [0.3, 0.4) is 0 Å². The molecule has 0 aliphatic heterocycles. The Kier molecular flexibility index (Phi) is 5.33. The number of hydrogen-bond donors (Lipinski definition) is 1. The van der Waals surface area contributed by atoms with Crippen molar-refractivity contribution in [1.82, 2.24) is 5.43 Å². The van der Waals surface area contributed by atoms with Gasteiger partial charge in [0.2, 0.25) is 5.91 Å². The van der Waals surface area contributed by atoms with E-state index in [9.17, 15) is 18.0 Å². The van der Waals surface area contributed by atoms with Crippen molar-refractivity contribution in [2.75, 3.05) is 0 Å². The van der Waals surface area contributed by atoms with Gasteiger partial charge in [-0.1, -0.05) is 57.2 Å². The maximum atomic E-state index is 12.5. The molecule has 3 rings (SSSR count). The molecule has 2 atom stereocenters. The van der Waals surface area contributed by atoms with Crippen molar-refractivity contribution < 1.29 is 18.0 Å². The van der Waals surface area contributed by atoms with Gasteiger partial charge >= 0.3 is 6.18 Å². The van der Waals surface area contributed by atoms with E-state index in [0.717, 1.165) is 24.1 Å². The van der Waals surface area contributed by atoms with E-state index in [2.05, 4.69) is 55.6 Å². The first-order valence-corrected chi connectivity index (χ1v) is 9.16. The Bertz CT molecular complexity index is 863. The molecule has 0 radical (unpaired) electrons. The molecule has 2 aromatic rings. The van der Waals surface area contributed by atoms with E-state index < -0.39 is 11.7 Å². The van der Waals surface area contributed by atoms with E-state index in [4.69, 9.17) is 0 Å². The van der Waals surface area contributed by atoms with Crippen molar-refractivity contribution in [3.63, 3.8) is 0 Å². The minimum atomic E-state index is -4.37. The monoisotopic (exact) mass is 388 g/mol. The fraction of sp³-hybridized carbons (Fsp3) is 0.364. The lowest BCUT2D eigenvalue weighted by molar-refractivity contribution is -0.137. The Morgan fingerprint density at radius 1 is 1.00 bits per heavy atom. The number of hydrogen-bond acceptors (Lipinski definition) is 2. The fourth-order valence-corrected chi connectivity index (χ4v) is 3.09. The van der Waals surface area contributed by atoms with Gasteiger partial charge in [0.15, 0.2) is 0 Å². The minimum Gasteiger partial charge on any atom is -0.273 e. The Labute approximate surface area is 162 Å². The van der Waals surface area contributed by atoms with Gasteiger partial charge in [-0.05, 0) is 46.6 Å². The first kappa shape index (κ1) is 20.1. The molecule has 3 nitrogen and oxygen atoms in total. The van der Waals surface area contributed by atoms with Crippen LogP contribution >= 0.6 is 0 Å². The molecule has 6 heteroatoms. The SMILES string of the molecule is CC(C)(C)c1ccc([C@H]2C[C@@H]2C(=O)N/N=C\c2ccc(C(F)(F)F)cc2)cc1. The lowest BCUT2D eigenvalue weighted by Crippen LogP contribution is -2.20. The first-order chi connectivity index (χ1) is 13.1. The van der Waals surface area contributed by atoms with Crippen LogP contribution in [-0.2, 0) is 16.4 Å². The van der Waals surface area contributed by atoms with Crippen molar-refractivity contribution in [1.29, 1.82) is 0 Å². The van der Waals surface area contributed by atoms with Crippen LogP contribution in [0.25, 0.3) is 0 Å². The van der Waals surface area contributed by atoms with Crippen LogP contribution in [0.15, 0.2) is 53.6 Å². The average Bonchev–Trinajstić information content (AvgIpc) is 3.41. The van der Waals surface area contributed by atoms with Gasteiger partial charge in [0.05, 0.1) is 11.8 Å². The molecule has 148 valence electrons. The van der Waals surface area contributed by atoms with Crippen molar-refractivity contribution in [3.8, 4) is 0 Å². The summed E-state index contributed by atoms with van der Waals surface area (Å²) in [5.74, 6) is -0.103. The summed E-state index contributed by atoms with van der Waals surface area (Å²) in [4.78, 5) is 12.2. The summed E-state index contributed by atoms with van der Waals surface area (Å²) >= 11 is 0. The fourth-order valence-electron chi connectivity index (χ4n) is 3.09. The van der Waals surface area contributed by atoms with Gasteiger partial charge in [-0.15, -0.1) is 0 Å². The Balaban J connectivity index is 1.53. The second-order valence-electron chi connectivity index (χ2n) is 8.17. The van der Waals surface area contributed by atoms with Crippen LogP contribution in [0.4, 0.5) is 13.2 Å². The molecule has 1 N–H and O–H groups in total. The maximum absolute atomic E-state index is 12.5. The second-order valence-corrected chi connectivity index (χ2v) is 8.17. The van der Waals surface area contributed by atoms with Gasteiger partial charge in [-0.2, -0.15) is 18.3 Å². The molecular formula is C22H23F3N2O. The lowest BCUT2D eigenvalue weighted by Gasteiger charge is -2.19. The quantitative estimate of drug-likeness (QED) is 0.564. The molecule has 1 fully saturated rings. The highest BCUT2D eigenvalue weighted by atomic mass is 19.4. The number of nitrogens with one attached hydrogen (secondary N) is 1. The summed E-state index contributed by atoms with van der Waals surface area (Å²) in [5.41, 5.74) is 4.73. The van der Waals surface area contributed by atoms with Crippen molar-refractivity contribution >= 4 is 12.1 Å². The van der Waals surface area contributed by atoms with Crippen LogP contribution in [-0.4, -0.2) is 12.1 Å². The summed E-state index contributed by atoms with van der Waals surface area (Å²) in [5, 5.41) is 3.86. The van der Waals surface area contributed by atoms with Crippen molar-refractivity contribution in [3.05, 3.63) is 70.8 Å². The molecule has 28 heavy (non-hydrogen) atoms. The number of carbonyl (C=O) groups excluding carboxylic acids is 1. The Hall–Kier alpha value is -2.63. The summed E-state index contributed by atoms with van der Waals surface area (Å²) in [6, 6.07) is 13.0. The summed E-state index contributed by atoms with van der Waals surface area (Å²) < 4.78 is 37.6. The molecule has 1 saturated carbocycles. The van der Waals surface area contributed by atoms with Gasteiger partial charge < -0.3 is 0 Å². The van der Waals surface area contributed by atoms with Gasteiger partial charge in [-0.25, -0.2) is 5.43 Å². The molecular weight excluding hydrogens is 365 g/mol. The molecule has 0 heterocycles. The minimum absolute atomic E-state index is 0.0892. The van der Waals surface area contributed by atoms with Gasteiger partial charge in [0.25, 0.3) is 0 Å². The summed E-state index contributed by atoms with van der Waals surface area (Å²) in [6.45, 7) is 6.47. The average molecular weight is 388 g/mol. The predicted octanol–water partition coefficient (Wildman–Crippen LogP) is 5.26. The Morgan fingerprint density at radius 3 is 2.11 bits per heavy atom. The molecule has 1 aliphatic carbocycles. The number of carbonyl (C=O) groups is 1. The number of amides is 1. The highest BCUT2D eigenvalue weighted by Gasteiger charge is 2.44. The molecule has 0 unspecified atom stereocenters. The summed E-state index contributed by atoms with van der Waals surface area (Å²) in [6.07, 6.45) is -2.25. The molecule has 1 aliphatic rings. The van der Waals surface area contributed by atoms with Crippen LogP contribution < -0.4 is 5.43 Å². The molecule has 0 spiro atoms. The van der Waals surface area contributed by atoms with Gasteiger partial charge in [0.1, 0.15) is 0 Å². The normalized spacial score (nSPS) is 19.6. The lowest BCUT2D eigenvalue weighted by atomic mass is 9.86. The molecule has 0 saturated heterocycles. The van der Waals surface area contributed by atoms with Crippen LogP contribution in [0.1, 0.15) is 55.4 Å². The molecule has 0 bridgehead atoms. The molecule has 1 amide bonds. The zero-order valence-electron chi connectivity index (χ0n) is 16.0. The highest BCUT2D eigenvalue weighted by molar-refractivity contribution is 5.85. The smallest absolute Gasteiger partial charge is 0.273 e. The number of rotatable bonds is 4. The summed E-state index contributed by atoms with van der Waals surface area (Å²) in [7, 11) is 0. The molecule has 2 aromatic carbocycles. The first-order valence-electron chi connectivity index (χ1n) is 9.16. The van der Waals surface area contributed by atoms with Crippen LogP contribution in [0.5, 0.6) is 0 Å². The number of benzene rings is 2. The highest BCUT2D eigenvalue weighted by Crippen LogP contribution is 2.47. The largest absolute Gasteiger partial charge is 0.416 e. The van der Waals surface area contributed by atoms with E-state index in [1.54, 1.807) is 0 Å². The third-order valence-electron chi connectivity index (χ3n) is 4.96. The zero-order chi connectivity index (χ0) is 20.5.